The molecule has 10 heteroatoms. The molecule has 0 N–H and O–H groups in total. The van der Waals surface area contributed by atoms with E-state index in [1.54, 1.807) is 58.0 Å². The fourth-order valence-electron chi connectivity index (χ4n) is 9.68. The summed E-state index contributed by atoms with van der Waals surface area (Å²) >= 11 is 0. The van der Waals surface area contributed by atoms with Gasteiger partial charge in [-0.1, -0.05) is 145 Å². The van der Waals surface area contributed by atoms with Gasteiger partial charge in [0.05, 0.1) is 0 Å². The molecule has 2 aliphatic heterocycles. The van der Waals surface area contributed by atoms with Crippen molar-refractivity contribution in [1.82, 2.24) is 9.80 Å². The summed E-state index contributed by atoms with van der Waals surface area (Å²) in [7, 11) is 0. The Morgan fingerprint density at radius 2 is 0.744 bits per heavy atom. The van der Waals surface area contributed by atoms with Crippen LogP contribution in [0, 0.1) is 23.7 Å². The van der Waals surface area contributed by atoms with Crippen LogP contribution in [-0.2, 0) is 35.4 Å². The Balaban J connectivity index is 0.000000236. The lowest BCUT2D eigenvalue weighted by molar-refractivity contribution is -0.128. The molecule has 0 saturated carbocycles. The summed E-state index contributed by atoms with van der Waals surface area (Å²) in [6, 6.07) is 43.0. The van der Waals surface area contributed by atoms with E-state index in [0.29, 0.717) is 54.4 Å². The van der Waals surface area contributed by atoms with Gasteiger partial charge in [0.25, 0.3) is 11.8 Å². The van der Waals surface area contributed by atoms with Gasteiger partial charge in [-0.3, -0.25) is 9.59 Å². The Kier molecular flexibility index (Phi) is 22.6. The summed E-state index contributed by atoms with van der Waals surface area (Å²) in [5.74, 6) is 10.8. The van der Waals surface area contributed by atoms with Gasteiger partial charge in [0.2, 0.25) is 11.6 Å². The molecule has 0 unspecified atom stereocenters. The average molecular weight is 1100 g/mol. The Hall–Kier alpha value is -8.08. The third-order valence-electron chi connectivity index (χ3n) is 14.3. The predicted octanol–water partition coefficient (Wildman–Crippen LogP) is 15.9. The standard InChI is InChI=1S/2C36H41NO4/c1-5-7-9-10-24-37(26-30-20-23-33-32(25-30)35(39)41-36(3,4)40-33)34(38)31-21-18-29(19-22-31)17-16-28-14-12-27(13-15-28)11-8-6-2;1-5-7-9-10-24-37(34(38)31-22-23-33-32(25-31)35(39)41-36(3,4)40-33)26-30-20-18-29(19-21-30)17-16-28-14-12-27(13-15-28)11-8-6-2/h2*12-15,18-23,25H,5-11,24,26H2,1-4H3. The Bertz CT molecular complexity index is 3220. The number of carbonyl (C=O) groups excluding carboxylic acids is 4. The van der Waals surface area contributed by atoms with Crippen molar-refractivity contribution in [3.05, 3.63) is 200 Å². The molecule has 8 rings (SSSR count). The summed E-state index contributed by atoms with van der Waals surface area (Å²) in [6.45, 7) is 17.7. The van der Waals surface area contributed by atoms with E-state index in [4.69, 9.17) is 18.9 Å². The van der Waals surface area contributed by atoms with E-state index >= 15 is 0 Å². The Labute approximate surface area is 487 Å². The van der Waals surface area contributed by atoms with Gasteiger partial charge in [-0.15, -0.1) is 0 Å². The number of nitrogens with zero attached hydrogens (tertiary/aromatic N) is 2. The van der Waals surface area contributed by atoms with E-state index in [0.717, 1.165) is 97.6 Å². The van der Waals surface area contributed by atoms with Crippen LogP contribution in [-0.4, -0.2) is 58.2 Å². The van der Waals surface area contributed by atoms with E-state index in [2.05, 4.69) is 99.9 Å². The number of hydrogen-bond donors (Lipinski definition) is 0. The lowest BCUT2D eigenvalue weighted by Gasteiger charge is -2.32. The Morgan fingerprint density at radius 3 is 1.18 bits per heavy atom. The normalized spacial score (nSPS) is 13.3. The molecule has 6 aromatic rings. The molecule has 6 aromatic carbocycles. The molecule has 2 amide bonds. The summed E-state index contributed by atoms with van der Waals surface area (Å²) in [6.07, 6.45) is 15.5. The van der Waals surface area contributed by atoms with Crippen LogP contribution in [0.5, 0.6) is 11.5 Å². The molecule has 82 heavy (non-hydrogen) atoms. The monoisotopic (exact) mass is 1100 g/mol. The van der Waals surface area contributed by atoms with Crippen molar-refractivity contribution in [1.29, 1.82) is 0 Å². The smallest absolute Gasteiger partial charge is 0.345 e. The number of rotatable bonds is 22. The van der Waals surface area contributed by atoms with Gasteiger partial charge in [-0.2, -0.15) is 0 Å². The summed E-state index contributed by atoms with van der Waals surface area (Å²) in [4.78, 5) is 56.1. The van der Waals surface area contributed by atoms with Crippen molar-refractivity contribution in [3.8, 4) is 35.2 Å². The van der Waals surface area contributed by atoms with Gasteiger partial charge in [0.15, 0.2) is 0 Å². The highest BCUT2D eigenvalue weighted by atomic mass is 16.7. The summed E-state index contributed by atoms with van der Waals surface area (Å²) in [5.41, 5.74) is 10.1. The van der Waals surface area contributed by atoms with E-state index < -0.39 is 23.5 Å². The number of cyclic esters (lactones) is 2. The lowest BCUT2D eigenvalue weighted by atomic mass is 10.1. The summed E-state index contributed by atoms with van der Waals surface area (Å²) in [5, 5.41) is 0. The largest absolute Gasteiger partial charge is 0.452 e. The first-order chi connectivity index (χ1) is 39.5. The number of unbranched alkanes of at least 4 members (excludes halogenated alkanes) is 8. The second kappa shape index (κ2) is 30.1. The highest BCUT2D eigenvalue weighted by Gasteiger charge is 2.36. The van der Waals surface area contributed by atoms with Gasteiger partial charge in [-0.25, -0.2) is 9.59 Å². The number of esters is 2. The summed E-state index contributed by atoms with van der Waals surface area (Å²) < 4.78 is 22.3. The van der Waals surface area contributed by atoms with Crippen molar-refractivity contribution in [2.75, 3.05) is 13.1 Å². The number of carbonyl (C=O) groups is 4. The Morgan fingerprint density at radius 1 is 0.390 bits per heavy atom. The second-order valence-electron chi connectivity index (χ2n) is 22.3. The van der Waals surface area contributed by atoms with Crippen LogP contribution in [0.15, 0.2) is 133 Å². The van der Waals surface area contributed by atoms with E-state index in [1.807, 2.05) is 64.4 Å². The quantitative estimate of drug-likeness (QED) is 0.0375. The van der Waals surface area contributed by atoms with Crippen LogP contribution in [0.2, 0.25) is 0 Å². The molecule has 10 nitrogen and oxygen atoms in total. The number of aryl methyl sites for hydroxylation is 2. The van der Waals surface area contributed by atoms with Gasteiger partial charge in [-0.05, 0) is 152 Å². The second-order valence-corrected chi connectivity index (χ2v) is 22.3. The minimum Gasteiger partial charge on any atom is -0.452 e. The maximum atomic E-state index is 13.7. The molecule has 0 radical (unpaired) electrons. The molecule has 0 spiro atoms. The molecule has 0 aliphatic carbocycles. The fourth-order valence-corrected chi connectivity index (χ4v) is 9.68. The topological polar surface area (TPSA) is 112 Å². The first-order valence-corrected chi connectivity index (χ1v) is 29.7. The number of ether oxygens (including phenoxy) is 4. The van der Waals surface area contributed by atoms with Gasteiger partial charge >= 0.3 is 11.9 Å². The van der Waals surface area contributed by atoms with Crippen LogP contribution in [0.1, 0.15) is 218 Å². The molecular weight excluding hydrogens is 1020 g/mol. The van der Waals surface area contributed by atoms with E-state index in [9.17, 15) is 19.2 Å². The number of amides is 2. The first-order valence-electron chi connectivity index (χ1n) is 29.7. The van der Waals surface area contributed by atoms with Gasteiger partial charge in [0.1, 0.15) is 22.6 Å². The molecule has 2 heterocycles. The molecule has 2 aliphatic rings. The predicted molar refractivity (Wildman–Crippen MR) is 326 cm³/mol. The van der Waals surface area contributed by atoms with Crippen molar-refractivity contribution in [3.63, 3.8) is 0 Å². The zero-order chi connectivity index (χ0) is 58.5. The third-order valence-corrected chi connectivity index (χ3v) is 14.3. The maximum Gasteiger partial charge on any atom is 0.345 e. The number of benzene rings is 6. The number of fused-ring (bicyclic) bond motifs is 2. The minimum absolute atomic E-state index is 0.0404. The van der Waals surface area contributed by atoms with Crippen LogP contribution in [0.3, 0.4) is 0 Å². The van der Waals surface area contributed by atoms with E-state index in [1.165, 1.54) is 36.8 Å². The molecule has 0 saturated heterocycles. The first kappa shape index (κ1) is 61.5. The van der Waals surface area contributed by atoms with Crippen molar-refractivity contribution in [2.45, 2.75) is 170 Å². The molecule has 0 fully saturated rings. The van der Waals surface area contributed by atoms with Crippen LogP contribution in [0.4, 0.5) is 0 Å². The molecule has 0 atom stereocenters. The van der Waals surface area contributed by atoms with Crippen molar-refractivity contribution in [2.24, 2.45) is 0 Å². The third kappa shape index (κ3) is 18.5. The zero-order valence-electron chi connectivity index (χ0n) is 49.6. The average Bonchev–Trinajstić information content (AvgIpc) is 3.67. The maximum absolute atomic E-state index is 13.7. The SMILES string of the molecule is CCCCCCN(Cc1ccc(C#Cc2ccc(CCCC)cc2)cc1)C(=O)c1ccc2c(c1)C(=O)OC(C)(C)O2.CCCCCCN(Cc1ccc2c(c1)C(=O)OC(C)(C)O2)C(=O)c1ccc(C#Cc2ccc(CCCC)cc2)cc1. The molecule has 428 valence electrons. The molecule has 0 aromatic heterocycles. The van der Waals surface area contributed by atoms with Crippen molar-refractivity contribution < 1.29 is 38.1 Å². The molecular formula is C72H82N2O8. The van der Waals surface area contributed by atoms with Crippen LogP contribution >= 0.6 is 0 Å². The highest BCUT2D eigenvalue weighted by Crippen LogP contribution is 2.34. The van der Waals surface area contributed by atoms with Gasteiger partial charge < -0.3 is 28.7 Å². The molecule has 0 bridgehead atoms. The van der Waals surface area contributed by atoms with Crippen LogP contribution < -0.4 is 9.47 Å². The van der Waals surface area contributed by atoms with E-state index in [-0.39, 0.29) is 17.4 Å². The highest BCUT2D eigenvalue weighted by molar-refractivity contribution is 6.00. The van der Waals surface area contributed by atoms with Crippen molar-refractivity contribution >= 4 is 23.8 Å². The fraction of sp³-hybridized carbons (Fsp3) is 0.389. The number of hydrogen-bond acceptors (Lipinski definition) is 8. The van der Waals surface area contributed by atoms with Gasteiger partial charge in [0, 0.05) is 87.3 Å². The minimum atomic E-state index is -1.03. The zero-order valence-corrected chi connectivity index (χ0v) is 49.6. The van der Waals surface area contributed by atoms with Crippen LogP contribution in [0.25, 0.3) is 0 Å². The lowest BCUT2D eigenvalue weighted by Crippen LogP contribution is -2.39.